The average Bonchev–Trinajstić information content (AvgIpc) is 2.50. The van der Waals surface area contributed by atoms with E-state index in [0.717, 1.165) is 46.9 Å². The maximum Gasteiger partial charge on any atom is 0.145 e. The SMILES string of the molecule is CCCCOc1c(Cl)cc(OCCCBr)c2ccccc12. The number of ether oxygens (including phenoxy) is 2. The average molecular weight is 372 g/mol. The summed E-state index contributed by atoms with van der Waals surface area (Å²) in [5, 5.41) is 3.59. The Bertz CT molecular complexity index is 586. The second-order valence-electron chi connectivity index (χ2n) is 4.82. The van der Waals surface area contributed by atoms with Crippen molar-refractivity contribution in [3.8, 4) is 11.5 Å². The molecule has 2 rings (SSSR count). The van der Waals surface area contributed by atoms with Crippen molar-refractivity contribution >= 4 is 38.3 Å². The molecule has 2 nitrogen and oxygen atoms in total. The molecular weight excluding hydrogens is 352 g/mol. The molecule has 114 valence electrons. The van der Waals surface area contributed by atoms with Gasteiger partial charge in [-0.2, -0.15) is 0 Å². The van der Waals surface area contributed by atoms with E-state index in [0.29, 0.717) is 18.2 Å². The zero-order valence-electron chi connectivity index (χ0n) is 12.2. The van der Waals surface area contributed by atoms with E-state index in [1.54, 1.807) is 0 Å². The molecule has 0 radical (unpaired) electrons. The minimum atomic E-state index is 0.610. The molecule has 21 heavy (non-hydrogen) atoms. The number of benzene rings is 2. The summed E-state index contributed by atoms with van der Waals surface area (Å²) in [7, 11) is 0. The smallest absolute Gasteiger partial charge is 0.145 e. The van der Waals surface area contributed by atoms with Crippen LogP contribution < -0.4 is 9.47 Å². The first-order chi connectivity index (χ1) is 10.3. The van der Waals surface area contributed by atoms with Gasteiger partial charge in [-0.05, 0) is 12.8 Å². The highest BCUT2D eigenvalue weighted by atomic mass is 79.9. The van der Waals surface area contributed by atoms with Crippen LogP contribution in [0.2, 0.25) is 5.02 Å². The predicted molar refractivity (Wildman–Crippen MR) is 93.3 cm³/mol. The standard InChI is InChI=1S/C17H20BrClO2/c1-2-3-10-21-17-14-8-5-4-7-13(14)16(12-15(17)19)20-11-6-9-18/h4-5,7-8,12H,2-3,6,9-11H2,1H3. The molecular formula is C17H20BrClO2. The highest BCUT2D eigenvalue weighted by Gasteiger charge is 2.12. The van der Waals surface area contributed by atoms with E-state index in [-0.39, 0.29) is 0 Å². The summed E-state index contributed by atoms with van der Waals surface area (Å²) in [5.41, 5.74) is 0. The molecule has 0 saturated carbocycles. The Hall–Kier alpha value is -0.930. The molecule has 0 spiro atoms. The van der Waals surface area contributed by atoms with Gasteiger partial charge >= 0.3 is 0 Å². The molecule has 0 fully saturated rings. The third kappa shape index (κ3) is 4.27. The lowest BCUT2D eigenvalue weighted by molar-refractivity contribution is 0.309. The van der Waals surface area contributed by atoms with Crippen LogP contribution in [0.1, 0.15) is 26.2 Å². The van der Waals surface area contributed by atoms with Gasteiger partial charge in [0.25, 0.3) is 0 Å². The number of halogens is 2. The van der Waals surface area contributed by atoms with Gasteiger partial charge in [0.2, 0.25) is 0 Å². The third-order valence-electron chi connectivity index (χ3n) is 3.19. The molecule has 2 aromatic rings. The normalized spacial score (nSPS) is 10.8. The Morgan fingerprint density at radius 1 is 1.05 bits per heavy atom. The van der Waals surface area contributed by atoms with Gasteiger partial charge in [0, 0.05) is 22.2 Å². The number of alkyl halides is 1. The Morgan fingerprint density at radius 3 is 2.48 bits per heavy atom. The van der Waals surface area contributed by atoms with Gasteiger partial charge in [-0.15, -0.1) is 0 Å². The summed E-state index contributed by atoms with van der Waals surface area (Å²) in [5.74, 6) is 1.58. The highest BCUT2D eigenvalue weighted by Crippen LogP contribution is 2.39. The van der Waals surface area contributed by atoms with E-state index < -0.39 is 0 Å². The van der Waals surface area contributed by atoms with Crippen molar-refractivity contribution in [3.05, 3.63) is 35.4 Å². The van der Waals surface area contributed by atoms with Crippen molar-refractivity contribution in [2.75, 3.05) is 18.5 Å². The molecule has 0 amide bonds. The third-order valence-corrected chi connectivity index (χ3v) is 4.03. The lowest BCUT2D eigenvalue weighted by Crippen LogP contribution is -2.01. The monoisotopic (exact) mass is 370 g/mol. The van der Waals surface area contributed by atoms with Crippen LogP contribution in [0.3, 0.4) is 0 Å². The lowest BCUT2D eigenvalue weighted by Gasteiger charge is -2.15. The molecule has 0 aliphatic carbocycles. The van der Waals surface area contributed by atoms with Gasteiger partial charge in [-0.25, -0.2) is 0 Å². The molecule has 0 atom stereocenters. The molecule has 4 heteroatoms. The second kappa shape index (κ2) is 8.50. The van der Waals surface area contributed by atoms with Crippen LogP contribution in [-0.4, -0.2) is 18.5 Å². The van der Waals surface area contributed by atoms with Crippen molar-refractivity contribution in [2.45, 2.75) is 26.2 Å². The number of hydrogen-bond donors (Lipinski definition) is 0. The first-order valence-corrected chi connectivity index (χ1v) is 8.80. The zero-order valence-corrected chi connectivity index (χ0v) is 14.5. The van der Waals surface area contributed by atoms with Crippen molar-refractivity contribution in [1.29, 1.82) is 0 Å². The predicted octanol–water partition coefficient (Wildman–Crippen LogP) is 5.84. The van der Waals surface area contributed by atoms with Gasteiger partial charge in [0.1, 0.15) is 11.5 Å². The van der Waals surface area contributed by atoms with Gasteiger partial charge in [0.05, 0.1) is 18.2 Å². The van der Waals surface area contributed by atoms with Crippen molar-refractivity contribution in [3.63, 3.8) is 0 Å². The summed E-state index contributed by atoms with van der Waals surface area (Å²) in [4.78, 5) is 0. The van der Waals surface area contributed by atoms with Crippen molar-refractivity contribution in [2.24, 2.45) is 0 Å². The Kier molecular flexibility index (Phi) is 6.65. The fraction of sp³-hybridized carbons (Fsp3) is 0.412. The molecule has 0 heterocycles. The topological polar surface area (TPSA) is 18.5 Å². The Labute approximate surface area is 139 Å². The highest BCUT2D eigenvalue weighted by molar-refractivity contribution is 9.09. The van der Waals surface area contributed by atoms with E-state index in [2.05, 4.69) is 22.9 Å². The quantitative estimate of drug-likeness (QED) is 0.429. The maximum absolute atomic E-state index is 6.39. The summed E-state index contributed by atoms with van der Waals surface area (Å²) in [6.07, 6.45) is 3.08. The van der Waals surface area contributed by atoms with Gasteiger partial charge < -0.3 is 9.47 Å². The lowest BCUT2D eigenvalue weighted by atomic mass is 10.1. The summed E-state index contributed by atoms with van der Waals surface area (Å²) < 4.78 is 11.7. The van der Waals surface area contributed by atoms with Crippen LogP contribution >= 0.6 is 27.5 Å². The van der Waals surface area contributed by atoms with Crippen LogP contribution in [0, 0.1) is 0 Å². The molecule has 0 bridgehead atoms. The Balaban J connectivity index is 2.33. The van der Waals surface area contributed by atoms with Crippen LogP contribution in [0.5, 0.6) is 11.5 Å². The molecule has 0 aliphatic rings. The first-order valence-electron chi connectivity index (χ1n) is 7.30. The fourth-order valence-corrected chi connectivity index (χ4v) is 2.59. The Morgan fingerprint density at radius 2 is 1.76 bits per heavy atom. The van der Waals surface area contributed by atoms with Crippen LogP contribution in [0.4, 0.5) is 0 Å². The largest absolute Gasteiger partial charge is 0.493 e. The number of rotatable bonds is 8. The van der Waals surface area contributed by atoms with E-state index >= 15 is 0 Å². The summed E-state index contributed by atoms with van der Waals surface area (Å²) >= 11 is 9.79. The van der Waals surface area contributed by atoms with Crippen molar-refractivity contribution in [1.82, 2.24) is 0 Å². The molecule has 2 aromatic carbocycles. The first kappa shape index (κ1) is 16.4. The van der Waals surface area contributed by atoms with E-state index in [4.69, 9.17) is 21.1 Å². The van der Waals surface area contributed by atoms with E-state index in [9.17, 15) is 0 Å². The summed E-state index contributed by atoms with van der Waals surface area (Å²) in [6.45, 7) is 3.50. The minimum absolute atomic E-state index is 0.610. The number of unbranched alkanes of at least 4 members (excludes halogenated alkanes) is 1. The maximum atomic E-state index is 6.39. The molecule has 0 aromatic heterocycles. The van der Waals surface area contributed by atoms with Crippen LogP contribution in [-0.2, 0) is 0 Å². The van der Waals surface area contributed by atoms with Gasteiger partial charge in [-0.3, -0.25) is 0 Å². The molecule has 0 aliphatic heterocycles. The van der Waals surface area contributed by atoms with Gasteiger partial charge in [0.15, 0.2) is 0 Å². The van der Waals surface area contributed by atoms with Crippen LogP contribution in [0.15, 0.2) is 30.3 Å². The van der Waals surface area contributed by atoms with E-state index in [1.165, 1.54) is 0 Å². The fourth-order valence-electron chi connectivity index (χ4n) is 2.10. The van der Waals surface area contributed by atoms with E-state index in [1.807, 2.05) is 30.3 Å². The summed E-state index contributed by atoms with van der Waals surface area (Å²) in [6, 6.07) is 9.93. The molecule has 0 unspecified atom stereocenters. The van der Waals surface area contributed by atoms with Crippen LogP contribution in [0.25, 0.3) is 10.8 Å². The second-order valence-corrected chi connectivity index (χ2v) is 6.02. The van der Waals surface area contributed by atoms with Crippen molar-refractivity contribution < 1.29 is 9.47 Å². The minimum Gasteiger partial charge on any atom is -0.493 e. The number of fused-ring (bicyclic) bond motifs is 1. The zero-order chi connectivity index (χ0) is 15.1. The molecule has 0 saturated heterocycles. The van der Waals surface area contributed by atoms with Gasteiger partial charge in [-0.1, -0.05) is 65.1 Å². The molecule has 0 N–H and O–H groups in total. The number of hydrogen-bond acceptors (Lipinski definition) is 2.